The smallest absolute Gasteiger partial charge is 0.172 e. The molecule has 23 heavy (non-hydrogen) atoms. The van der Waals surface area contributed by atoms with Crippen LogP contribution in [0.25, 0.3) is 6.08 Å². The van der Waals surface area contributed by atoms with Gasteiger partial charge >= 0.3 is 0 Å². The van der Waals surface area contributed by atoms with Crippen molar-refractivity contribution < 1.29 is 14.7 Å². The zero-order valence-electron chi connectivity index (χ0n) is 14.5. The van der Waals surface area contributed by atoms with Crippen LogP contribution < -0.4 is 0 Å². The van der Waals surface area contributed by atoms with Gasteiger partial charge in [0.05, 0.1) is 11.0 Å². The molecule has 0 heterocycles. The van der Waals surface area contributed by atoms with E-state index in [1.165, 1.54) is 0 Å². The predicted molar refractivity (Wildman–Crippen MR) is 90.5 cm³/mol. The molecule has 0 unspecified atom stereocenters. The average Bonchev–Trinajstić information content (AvgIpc) is 2.55. The highest BCUT2D eigenvalue weighted by Gasteiger charge is 2.56. The molecular formula is C20H24O3. The monoisotopic (exact) mass is 312 g/mol. The molecule has 1 aromatic rings. The number of hydrogen-bond donors (Lipinski definition) is 1. The highest BCUT2D eigenvalue weighted by molar-refractivity contribution is 6.14. The third-order valence-corrected chi connectivity index (χ3v) is 5.79. The predicted octanol–water partition coefficient (Wildman–Crippen LogP) is 3.60. The van der Waals surface area contributed by atoms with Crippen LogP contribution in [0.1, 0.15) is 67.6 Å². The maximum atomic E-state index is 13.3. The topological polar surface area (TPSA) is 54.4 Å². The molecule has 0 saturated heterocycles. The number of benzene rings is 1. The van der Waals surface area contributed by atoms with E-state index in [-0.39, 0.29) is 23.9 Å². The van der Waals surface area contributed by atoms with Gasteiger partial charge in [-0.1, -0.05) is 26.0 Å². The van der Waals surface area contributed by atoms with Crippen LogP contribution in [0.4, 0.5) is 0 Å². The largest absolute Gasteiger partial charge is 0.389 e. The lowest BCUT2D eigenvalue weighted by Crippen LogP contribution is -2.55. The lowest BCUT2D eigenvalue weighted by molar-refractivity contribution is -0.131. The van der Waals surface area contributed by atoms with Gasteiger partial charge in [0.1, 0.15) is 0 Å². The number of allylic oxidation sites excluding steroid dienone is 1. The van der Waals surface area contributed by atoms with E-state index < -0.39 is 11.0 Å². The van der Waals surface area contributed by atoms with Crippen molar-refractivity contribution in [3.8, 4) is 0 Å². The van der Waals surface area contributed by atoms with E-state index in [2.05, 4.69) is 0 Å². The molecule has 0 fully saturated rings. The van der Waals surface area contributed by atoms with Crippen LogP contribution in [0.2, 0.25) is 0 Å². The molecule has 2 atom stereocenters. The molecule has 3 rings (SSSR count). The lowest BCUT2D eigenvalue weighted by atomic mass is 9.59. The molecule has 0 saturated carbocycles. The SMILES string of the molecule is Cc1ccc2c3c1C(=O)CC[C@](C)(O)[C@@]3(C)C(=O)C(C(C)C)=C2. The number of hydrogen-bond acceptors (Lipinski definition) is 3. The number of carbonyl (C=O) groups is 2. The Morgan fingerprint density at radius 2 is 1.83 bits per heavy atom. The van der Waals surface area contributed by atoms with Gasteiger partial charge in [-0.2, -0.15) is 0 Å². The van der Waals surface area contributed by atoms with Gasteiger partial charge < -0.3 is 5.11 Å². The molecule has 0 radical (unpaired) electrons. The highest BCUT2D eigenvalue weighted by Crippen LogP contribution is 2.50. The summed E-state index contributed by atoms with van der Waals surface area (Å²) in [5.74, 6) is 0.0519. The van der Waals surface area contributed by atoms with E-state index >= 15 is 0 Å². The van der Waals surface area contributed by atoms with Gasteiger partial charge in [0.25, 0.3) is 0 Å². The molecule has 1 N–H and O–H groups in total. The Balaban J connectivity index is 2.47. The number of carbonyl (C=O) groups excluding carboxylic acids is 2. The summed E-state index contributed by atoms with van der Waals surface area (Å²) in [6.07, 6.45) is 2.47. The minimum atomic E-state index is -1.25. The molecule has 122 valence electrons. The van der Waals surface area contributed by atoms with Gasteiger partial charge in [-0.3, -0.25) is 9.59 Å². The molecule has 1 aromatic carbocycles. The van der Waals surface area contributed by atoms with Gasteiger partial charge in [0.15, 0.2) is 11.6 Å². The first-order valence-corrected chi connectivity index (χ1v) is 8.27. The minimum absolute atomic E-state index is 0.0255. The van der Waals surface area contributed by atoms with Crippen LogP contribution in [0, 0.1) is 12.8 Å². The summed E-state index contributed by atoms with van der Waals surface area (Å²) in [5, 5.41) is 11.2. The fraction of sp³-hybridized carbons (Fsp3) is 0.500. The average molecular weight is 312 g/mol. The van der Waals surface area contributed by atoms with Crippen molar-refractivity contribution in [3.63, 3.8) is 0 Å². The van der Waals surface area contributed by atoms with Gasteiger partial charge in [-0.25, -0.2) is 0 Å². The van der Waals surface area contributed by atoms with Crippen LogP contribution in [0.5, 0.6) is 0 Å². The van der Waals surface area contributed by atoms with Crippen molar-refractivity contribution in [2.24, 2.45) is 5.92 Å². The van der Waals surface area contributed by atoms with E-state index in [1.807, 2.05) is 45.9 Å². The molecular weight excluding hydrogens is 288 g/mol. The first-order valence-electron chi connectivity index (χ1n) is 8.27. The van der Waals surface area contributed by atoms with Crippen molar-refractivity contribution >= 4 is 17.6 Å². The molecule has 0 bridgehead atoms. The zero-order valence-corrected chi connectivity index (χ0v) is 14.5. The molecule has 3 heteroatoms. The Morgan fingerprint density at radius 1 is 1.17 bits per heavy atom. The van der Waals surface area contributed by atoms with Crippen LogP contribution >= 0.6 is 0 Å². The lowest BCUT2D eigenvalue weighted by Gasteiger charge is -2.45. The Hall–Kier alpha value is -1.74. The molecule has 0 amide bonds. The zero-order chi connectivity index (χ0) is 17.2. The van der Waals surface area contributed by atoms with E-state index in [1.54, 1.807) is 6.92 Å². The summed E-state index contributed by atoms with van der Waals surface area (Å²) in [7, 11) is 0. The summed E-state index contributed by atoms with van der Waals surface area (Å²) in [6, 6.07) is 3.91. The first-order chi connectivity index (χ1) is 10.6. The third-order valence-electron chi connectivity index (χ3n) is 5.79. The number of aryl methyl sites for hydroxylation is 1. The fourth-order valence-corrected chi connectivity index (χ4v) is 4.05. The van der Waals surface area contributed by atoms with Crippen molar-refractivity contribution in [2.45, 2.75) is 58.5 Å². The second-order valence-electron chi connectivity index (χ2n) is 7.63. The van der Waals surface area contributed by atoms with Crippen molar-refractivity contribution in [1.82, 2.24) is 0 Å². The molecule has 0 spiro atoms. The van der Waals surface area contributed by atoms with Gasteiger partial charge in [-0.15, -0.1) is 0 Å². The summed E-state index contributed by atoms with van der Waals surface area (Å²) in [5.41, 5.74) is 1.53. The number of Topliss-reactive ketones (excluding diaryl/α,β-unsaturated/α-hetero) is 2. The van der Waals surface area contributed by atoms with Crippen molar-refractivity contribution in [2.75, 3.05) is 0 Å². The van der Waals surface area contributed by atoms with E-state index in [0.717, 1.165) is 22.3 Å². The summed E-state index contributed by atoms with van der Waals surface area (Å²) < 4.78 is 0. The Kier molecular flexibility index (Phi) is 3.42. The van der Waals surface area contributed by atoms with Crippen LogP contribution in [0.15, 0.2) is 17.7 Å². The van der Waals surface area contributed by atoms with Crippen molar-refractivity contribution in [3.05, 3.63) is 40.0 Å². The van der Waals surface area contributed by atoms with Crippen LogP contribution in [-0.2, 0) is 10.2 Å². The summed E-state index contributed by atoms with van der Waals surface area (Å²) in [4.78, 5) is 26.0. The minimum Gasteiger partial charge on any atom is -0.389 e. The summed E-state index contributed by atoms with van der Waals surface area (Å²) >= 11 is 0. The maximum absolute atomic E-state index is 13.3. The second-order valence-corrected chi connectivity index (χ2v) is 7.63. The Labute approximate surface area is 137 Å². The number of rotatable bonds is 1. The van der Waals surface area contributed by atoms with Gasteiger partial charge in [-0.05, 0) is 61.4 Å². The third kappa shape index (κ3) is 1.99. The maximum Gasteiger partial charge on any atom is 0.172 e. The number of aliphatic hydroxyl groups is 1. The Morgan fingerprint density at radius 3 is 2.43 bits per heavy atom. The fourth-order valence-electron chi connectivity index (χ4n) is 4.05. The first kappa shape index (κ1) is 16.1. The van der Waals surface area contributed by atoms with E-state index in [4.69, 9.17) is 0 Å². The normalized spacial score (nSPS) is 30.1. The Bertz CT molecular complexity index is 752. The molecule has 0 aromatic heterocycles. The second kappa shape index (κ2) is 4.88. The van der Waals surface area contributed by atoms with Crippen LogP contribution in [-0.4, -0.2) is 22.3 Å². The van der Waals surface area contributed by atoms with E-state index in [9.17, 15) is 14.7 Å². The van der Waals surface area contributed by atoms with Crippen molar-refractivity contribution in [1.29, 1.82) is 0 Å². The van der Waals surface area contributed by atoms with E-state index in [0.29, 0.717) is 12.0 Å². The number of ketones is 2. The molecule has 2 aliphatic rings. The molecule has 2 aliphatic carbocycles. The molecule has 0 aliphatic heterocycles. The quantitative estimate of drug-likeness (QED) is 0.862. The van der Waals surface area contributed by atoms with Gasteiger partial charge in [0.2, 0.25) is 0 Å². The highest BCUT2D eigenvalue weighted by atomic mass is 16.3. The standard InChI is InChI=1S/C20H24O3/c1-11(2)14-10-13-7-6-12(3)16-15(21)8-9-19(4,23)20(5,17(13)16)18(14)22/h6-7,10-11,23H,8-9H2,1-5H3/t19-,20+/m0/s1. The van der Waals surface area contributed by atoms with Crippen LogP contribution in [0.3, 0.4) is 0 Å². The van der Waals surface area contributed by atoms with Gasteiger partial charge in [0, 0.05) is 12.0 Å². The summed E-state index contributed by atoms with van der Waals surface area (Å²) in [6.45, 7) is 9.39. The molecule has 3 nitrogen and oxygen atoms in total.